The fourth-order valence-electron chi connectivity index (χ4n) is 2.23. The number of hydrogen-bond donors (Lipinski definition) is 2. The Balaban J connectivity index is 2.04. The molecule has 1 aliphatic carbocycles. The van der Waals surface area contributed by atoms with Gasteiger partial charge >= 0.3 is 0 Å². The minimum atomic E-state index is -1.02. The van der Waals surface area contributed by atoms with Crippen molar-refractivity contribution in [2.45, 2.75) is 38.5 Å². The average Bonchev–Trinajstić information content (AvgIpc) is 3.31. The molecule has 1 aliphatic rings. The molecule has 0 aliphatic heterocycles. The highest BCUT2D eigenvalue weighted by Crippen LogP contribution is 2.29. The summed E-state index contributed by atoms with van der Waals surface area (Å²) in [4.78, 5) is 25.7. The lowest BCUT2D eigenvalue weighted by Crippen LogP contribution is -2.53. The number of nitrogens with zero attached hydrogens (tertiary/aromatic N) is 1. The second-order valence-electron chi connectivity index (χ2n) is 5.93. The van der Waals surface area contributed by atoms with E-state index >= 15 is 0 Å². The van der Waals surface area contributed by atoms with Gasteiger partial charge in [0.05, 0.1) is 6.10 Å². The summed E-state index contributed by atoms with van der Waals surface area (Å²) in [5, 5.41) is 12.6. The van der Waals surface area contributed by atoms with Gasteiger partial charge in [0.1, 0.15) is 11.9 Å². The maximum absolute atomic E-state index is 13.1. The minimum Gasteiger partial charge on any atom is -0.391 e. The molecular weight excluding hydrogens is 323 g/mol. The van der Waals surface area contributed by atoms with Gasteiger partial charge in [-0.2, -0.15) is 0 Å². The van der Waals surface area contributed by atoms with Crippen molar-refractivity contribution < 1.29 is 19.1 Å². The van der Waals surface area contributed by atoms with Crippen LogP contribution in [0.15, 0.2) is 18.2 Å². The molecule has 0 radical (unpaired) electrons. The van der Waals surface area contributed by atoms with E-state index in [4.69, 9.17) is 11.6 Å². The third-order valence-corrected chi connectivity index (χ3v) is 4.15. The van der Waals surface area contributed by atoms with Crippen molar-refractivity contribution in [3.05, 3.63) is 34.6 Å². The quantitative estimate of drug-likeness (QED) is 0.827. The van der Waals surface area contributed by atoms with Gasteiger partial charge in [0.2, 0.25) is 11.8 Å². The number of hydrogen-bond acceptors (Lipinski definition) is 3. The van der Waals surface area contributed by atoms with E-state index in [2.05, 4.69) is 5.32 Å². The summed E-state index contributed by atoms with van der Waals surface area (Å²) < 4.78 is 13.1. The summed E-state index contributed by atoms with van der Waals surface area (Å²) in [6, 6.07) is 2.94. The predicted octanol–water partition coefficient (Wildman–Crippen LogP) is 1.71. The van der Waals surface area contributed by atoms with Gasteiger partial charge in [-0.3, -0.25) is 9.59 Å². The third-order valence-electron chi connectivity index (χ3n) is 3.79. The molecule has 1 aromatic carbocycles. The first-order valence-electron chi connectivity index (χ1n) is 7.47. The van der Waals surface area contributed by atoms with Crippen molar-refractivity contribution in [1.82, 2.24) is 10.2 Å². The van der Waals surface area contributed by atoms with Gasteiger partial charge in [-0.1, -0.05) is 17.7 Å². The van der Waals surface area contributed by atoms with Crippen LogP contribution in [0.2, 0.25) is 5.02 Å². The summed E-state index contributed by atoms with van der Waals surface area (Å²) in [6.45, 7) is 1.61. The van der Waals surface area contributed by atoms with Gasteiger partial charge < -0.3 is 15.3 Å². The fourth-order valence-corrected chi connectivity index (χ4v) is 2.45. The number of aliphatic hydroxyl groups is 1. The summed E-state index contributed by atoms with van der Waals surface area (Å²) in [5.74, 6) is -1.14. The third kappa shape index (κ3) is 4.65. The van der Waals surface area contributed by atoms with Gasteiger partial charge in [-0.25, -0.2) is 4.39 Å². The van der Waals surface area contributed by atoms with Gasteiger partial charge in [-0.15, -0.1) is 0 Å². The van der Waals surface area contributed by atoms with Gasteiger partial charge in [0.15, 0.2) is 0 Å². The number of aliphatic hydroxyl groups excluding tert-OH is 1. The lowest BCUT2D eigenvalue weighted by molar-refractivity contribution is -0.139. The summed E-state index contributed by atoms with van der Waals surface area (Å²) in [6.07, 6.45) is 0.609. The Morgan fingerprint density at radius 1 is 1.48 bits per heavy atom. The fraction of sp³-hybridized carbons (Fsp3) is 0.500. The number of rotatable bonds is 6. The molecule has 126 valence electrons. The van der Waals surface area contributed by atoms with Crippen molar-refractivity contribution in [2.24, 2.45) is 5.92 Å². The van der Waals surface area contributed by atoms with Crippen LogP contribution >= 0.6 is 11.6 Å². The van der Waals surface area contributed by atoms with Crippen molar-refractivity contribution in [1.29, 1.82) is 0 Å². The van der Waals surface area contributed by atoms with Crippen LogP contribution in [0.5, 0.6) is 0 Å². The van der Waals surface area contributed by atoms with Crippen molar-refractivity contribution >= 4 is 23.4 Å². The molecule has 1 aromatic rings. The second kappa shape index (κ2) is 7.27. The molecule has 1 saturated carbocycles. The molecule has 2 N–H and O–H groups in total. The van der Waals surface area contributed by atoms with Gasteiger partial charge in [0.25, 0.3) is 0 Å². The van der Waals surface area contributed by atoms with Gasteiger partial charge in [-0.05, 0) is 37.5 Å². The Bertz CT molecular complexity index is 605. The predicted molar refractivity (Wildman–Crippen MR) is 84.2 cm³/mol. The van der Waals surface area contributed by atoms with Crippen LogP contribution < -0.4 is 5.32 Å². The van der Waals surface area contributed by atoms with E-state index in [9.17, 15) is 19.1 Å². The molecule has 2 amide bonds. The SMILES string of the molecule is C[C@H](O)[C@@H](NC(=O)C1CC1)C(=O)N(C)Cc1ccc(F)cc1Cl. The van der Waals surface area contributed by atoms with Crippen molar-refractivity contribution in [3.63, 3.8) is 0 Å². The molecule has 0 unspecified atom stereocenters. The Kier molecular flexibility index (Phi) is 5.59. The van der Waals surface area contributed by atoms with Crippen LogP contribution in [-0.2, 0) is 16.1 Å². The molecule has 2 atom stereocenters. The van der Waals surface area contributed by atoms with Crippen LogP contribution in [-0.4, -0.2) is 41.0 Å². The zero-order valence-electron chi connectivity index (χ0n) is 13.1. The Hall–Kier alpha value is -1.66. The highest BCUT2D eigenvalue weighted by molar-refractivity contribution is 6.31. The van der Waals surface area contributed by atoms with Crippen LogP contribution in [0, 0.1) is 11.7 Å². The zero-order valence-corrected chi connectivity index (χ0v) is 13.8. The van der Waals surface area contributed by atoms with E-state index in [1.807, 2.05) is 0 Å². The molecule has 23 heavy (non-hydrogen) atoms. The number of amides is 2. The van der Waals surface area contributed by atoms with E-state index in [0.717, 1.165) is 12.8 Å². The number of benzene rings is 1. The smallest absolute Gasteiger partial charge is 0.247 e. The summed E-state index contributed by atoms with van der Waals surface area (Å²) in [7, 11) is 1.54. The highest BCUT2D eigenvalue weighted by atomic mass is 35.5. The lowest BCUT2D eigenvalue weighted by Gasteiger charge is -2.26. The average molecular weight is 343 g/mol. The largest absolute Gasteiger partial charge is 0.391 e. The monoisotopic (exact) mass is 342 g/mol. The molecular formula is C16H20ClFN2O3. The number of likely N-dealkylation sites (N-methyl/N-ethyl adjacent to an activating group) is 1. The minimum absolute atomic E-state index is 0.0547. The number of halogens is 2. The normalized spacial score (nSPS) is 16.6. The van der Waals surface area contributed by atoms with Crippen molar-refractivity contribution in [2.75, 3.05) is 7.05 Å². The zero-order chi connectivity index (χ0) is 17.1. The molecule has 0 saturated heterocycles. The lowest BCUT2D eigenvalue weighted by atomic mass is 10.1. The standard InChI is InChI=1S/C16H20ClFN2O3/c1-9(21)14(19-15(22)10-3-4-10)16(23)20(2)8-11-5-6-12(18)7-13(11)17/h5-7,9-10,14,21H,3-4,8H2,1-2H3,(H,19,22)/t9-,14+/m0/s1. The maximum Gasteiger partial charge on any atom is 0.247 e. The molecule has 0 bridgehead atoms. The van der Waals surface area contributed by atoms with E-state index in [1.54, 1.807) is 7.05 Å². The number of carbonyl (C=O) groups excluding carboxylic acids is 2. The molecule has 0 aromatic heterocycles. The Morgan fingerprint density at radius 2 is 2.13 bits per heavy atom. The number of nitrogens with one attached hydrogen (secondary N) is 1. The van der Waals surface area contributed by atoms with Gasteiger partial charge in [0, 0.05) is 24.5 Å². The van der Waals surface area contributed by atoms with Crippen LogP contribution in [0.3, 0.4) is 0 Å². The Labute approximate surface area is 139 Å². The van der Waals surface area contributed by atoms with E-state index < -0.39 is 23.9 Å². The van der Waals surface area contributed by atoms with E-state index in [1.165, 1.54) is 30.0 Å². The molecule has 1 fully saturated rings. The molecule has 7 heteroatoms. The Morgan fingerprint density at radius 3 is 2.65 bits per heavy atom. The van der Waals surface area contributed by atoms with Crippen molar-refractivity contribution in [3.8, 4) is 0 Å². The van der Waals surface area contributed by atoms with Crippen LogP contribution in [0.4, 0.5) is 4.39 Å². The van der Waals surface area contributed by atoms with Crippen LogP contribution in [0.25, 0.3) is 0 Å². The number of carbonyl (C=O) groups is 2. The second-order valence-corrected chi connectivity index (χ2v) is 6.34. The molecule has 0 heterocycles. The van der Waals surface area contributed by atoms with Crippen LogP contribution in [0.1, 0.15) is 25.3 Å². The summed E-state index contributed by atoms with van der Waals surface area (Å²) in [5.41, 5.74) is 0.585. The summed E-state index contributed by atoms with van der Waals surface area (Å²) >= 11 is 5.96. The molecule has 0 spiro atoms. The van der Waals surface area contributed by atoms with E-state index in [0.29, 0.717) is 5.56 Å². The maximum atomic E-state index is 13.1. The molecule has 5 nitrogen and oxygen atoms in total. The first-order chi connectivity index (χ1) is 10.8. The highest BCUT2D eigenvalue weighted by Gasteiger charge is 2.35. The first-order valence-corrected chi connectivity index (χ1v) is 7.84. The topological polar surface area (TPSA) is 69.6 Å². The first kappa shape index (κ1) is 17.7. The van der Waals surface area contributed by atoms with E-state index in [-0.39, 0.29) is 23.4 Å². The molecule has 2 rings (SSSR count).